The van der Waals surface area contributed by atoms with Crippen molar-refractivity contribution in [3.8, 4) is 0 Å². The highest BCUT2D eigenvalue weighted by Gasteiger charge is 2.09. The molecule has 0 fully saturated rings. The Balaban J connectivity index is 2.84. The van der Waals surface area contributed by atoms with Crippen LogP contribution in [-0.4, -0.2) is 30.1 Å². The molecule has 1 heterocycles. The van der Waals surface area contributed by atoms with Gasteiger partial charge in [-0.25, -0.2) is 9.37 Å². The third kappa shape index (κ3) is 3.04. The Kier molecular flexibility index (Phi) is 4.27. The first-order valence-corrected chi connectivity index (χ1v) is 5.16. The van der Waals surface area contributed by atoms with E-state index in [0.717, 1.165) is 13.0 Å². The van der Waals surface area contributed by atoms with Crippen LogP contribution in [0, 0.1) is 5.82 Å². The molecule has 0 spiro atoms. The number of anilines is 2. The molecule has 0 atom stereocenters. The van der Waals surface area contributed by atoms with Gasteiger partial charge < -0.3 is 10.2 Å². The first-order chi connectivity index (χ1) is 7.19. The Morgan fingerprint density at radius 3 is 2.80 bits per heavy atom. The molecule has 0 aliphatic carbocycles. The van der Waals surface area contributed by atoms with Crippen LogP contribution in [0.4, 0.5) is 16.2 Å². The average molecular weight is 212 g/mol. The summed E-state index contributed by atoms with van der Waals surface area (Å²) in [5.41, 5.74) is 0. The van der Waals surface area contributed by atoms with Crippen LogP contribution in [0.5, 0.6) is 0 Å². The van der Waals surface area contributed by atoms with Gasteiger partial charge in [0.1, 0.15) is 0 Å². The van der Waals surface area contributed by atoms with Crippen molar-refractivity contribution in [1.82, 2.24) is 9.97 Å². The Hall–Kier alpha value is -1.39. The SMILES string of the molecule is CCCNc1ncc(F)c(N(C)CC)n1. The van der Waals surface area contributed by atoms with E-state index >= 15 is 0 Å². The molecular weight excluding hydrogens is 195 g/mol. The van der Waals surface area contributed by atoms with Crippen molar-refractivity contribution in [1.29, 1.82) is 0 Å². The summed E-state index contributed by atoms with van der Waals surface area (Å²) in [4.78, 5) is 9.72. The van der Waals surface area contributed by atoms with Gasteiger partial charge in [-0.1, -0.05) is 6.92 Å². The quantitative estimate of drug-likeness (QED) is 0.809. The van der Waals surface area contributed by atoms with Crippen molar-refractivity contribution in [2.45, 2.75) is 20.3 Å². The number of nitrogens with one attached hydrogen (secondary N) is 1. The molecule has 4 nitrogen and oxygen atoms in total. The van der Waals surface area contributed by atoms with Gasteiger partial charge in [0.15, 0.2) is 11.6 Å². The molecule has 1 N–H and O–H groups in total. The van der Waals surface area contributed by atoms with Crippen molar-refractivity contribution in [3.05, 3.63) is 12.0 Å². The minimum atomic E-state index is -0.388. The maximum Gasteiger partial charge on any atom is 0.224 e. The van der Waals surface area contributed by atoms with Crippen LogP contribution in [0.25, 0.3) is 0 Å². The summed E-state index contributed by atoms with van der Waals surface area (Å²) in [6, 6.07) is 0. The Morgan fingerprint density at radius 2 is 2.20 bits per heavy atom. The predicted molar refractivity (Wildman–Crippen MR) is 59.7 cm³/mol. The second kappa shape index (κ2) is 5.48. The number of hydrogen-bond acceptors (Lipinski definition) is 4. The van der Waals surface area contributed by atoms with Crippen LogP contribution >= 0.6 is 0 Å². The molecule has 0 amide bonds. The van der Waals surface area contributed by atoms with E-state index in [9.17, 15) is 4.39 Å². The molecule has 0 saturated heterocycles. The summed E-state index contributed by atoms with van der Waals surface area (Å²) in [5, 5.41) is 3.03. The fourth-order valence-corrected chi connectivity index (χ4v) is 1.10. The molecular formula is C10H17FN4. The smallest absolute Gasteiger partial charge is 0.224 e. The molecule has 15 heavy (non-hydrogen) atoms. The Bertz CT molecular complexity index is 316. The van der Waals surface area contributed by atoms with Gasteiger partial charge in [0.25, 0.3) is 0 Å². The Morgan fingerprint density at radius 1 is 1.47 bits per heavy atom. The van der Waals surface area contributed by atoms with E-state index in [1.54, 1.807) is 11.9 Å². The van der Waals surface area contributed by atoms with Crippen molar-refractivity contribution >= 4 is 11.8 Å². The molecule has 5 heteroatoms. The van der Waals surface area contributed by atoms with Crippen LogP contribution in [0.1, 0.15) is 20.3 Å². The molecule has 0 aliphatic rings. The predicted octanol–water partition coefficient (Wildman–Crippen LogP) is 1.89. The van der Waals surface area contributed by atoms with Crippen LogP contribution in [0.15, 0.2) is 6.20 Å². The summed E-state index contributed by atoms with van der Waals surface area (Å²) < 4.78 is 13.3. The van der Waals surface area contributed by atoms with Gasteiger partial charge >= 0.3 is 0 Å². The number of hydrogen-bond donors (Lipinski definition) is 1. The fraction of sp³-hybridized carbons (Fsp3) is 0.600. The van der Waals surface area contributed by atoms with E-state index in [0.29, 0.717) is 18.3 Å². The van der Waals surface area contributed by atoms with Crippen molar-refractivity contribution in [2.75, 3.05) is 30.4 Å². The van der Waals surface area contributed by atoms with Gasteiger partial charge in [-0.05, 0) is 13.3 Å². The van der Waals surface area contributed by atoms with E-state index in [4.69, 9.17) is 0 Å². The third-order valence-corrected chi connectivity index (χ3v) is 2.09. The van der Waals surface area contributed by atoms with Gasteiger partial charge in [-0.3, -0.25) is 0 Å². The van der Waals surface area contributed by atoms with E-state index in [1.807, 2.05) is 6.92 Å². The number of halogens is 1. The lowest BCUT2D eigenvalue weighted by molar-refractivity contribution is 0.609. The van der Waals surface area contributed by atoms with Crippen LogP contribution in [0.2, 0.25) is 0 Å². The van der Waals surface area contributed by atoms with Gasteiger partial charge in [0.05, 0.1) is 6.20 Å². The highest BCUT2D eigenvalue weighted by atomic mass is 19.1. The van der Waals surface area contributed by atoms with Crippen molar-refractivity contribution < 1.29 is 4.39 Å². The summed E-state index contributed by atoms with van der Waals surface area (Å²) in [6.45, 7) is 5.50. The standard InChI is InChI=1S/C10H17FN4/c1-4-6-12-10-13-7-8(11)9(14-10)15(3)5-2/h7H,4-6H2,1-3H3,(H,12,13,14). The highest BCUT2D eigenvalue weighted by molar-refractivity contribution is 5.42. The molecule has 0 bridgehead atoms. The second-order valence-electron chi connectivity index (χ2n) is 3.31. The Labute approximate surface area is 89.5 Å². The number of nitrogens with zero attached hydrogens (tertiary/aromatic N) is 3. The molecule has 84 valence electrons. The summed E-state index contributed by atoms with van der Waals surface area (Å²) in [5.74, 6) is 0.432. The minimum absolute atomic E-state index is 0.339. The first kappa shape index (κ1) is 11.7. The lowest BCUT2D eigenvalue weighted by Gasteiger charge is -2.16. The molecule has 1 aromatic rings. The van der Waals surface area contributed by atoms with Crippen LogP contribution < -0.4 is 10.2 Å². The zero-order chi connectivity index (χ0) is 11.3. The van der Waals surface area contributed by atoms with Gasteiger partial charge in [-0.2, -0.15) is 4.98 Å². The number of rotatable bonds is 5. The zero-order valence-electron chi connectivity index (χ0n) is 9.42. The minimum Gasteiger partial charge on any atom is -0.357 e. The highest BCUT2D eigenvalue weighted by Crippen LogP contribution is 2.15. The summed E-state index contributed by atoms with van der Waals surface area (Å²) >= 11 is 0. The van der Waals surface area contributed by atoms with Gasteiger partial charge in [0.2, 0.25) is 5.95 Å². The molecule has 1 rings (SSSR count). The van der Waals surface area contributed by atoms with Crippen LogP contribution in [-0.2, 0) is 0 Å². The molecule has 1 aromatic heterocycles. The van der Waals surface area contributed by atoms with Crippen LogP contribution in [0.3, 0.4) is 0 Å². The van der Waals surface area contributed by atoms with Gasteiger partial charge in [-0.15, -0.1) is 0 Å². The molecule has 0 radical (unpaired) electrons. The van der Waals surface area contributed by atoms with E-state index in [-0.39, 0.29) is 5.82 Å². The summed E-state index contributed by atoms with van der Waals surface area (Å²) in [7, 11) is 1.80. The first-order valence-electron chi connectivity index (χ1n) is 5.16. The zero-order valence-corrected chi connectivity index (χ0v) is 9.42. The lowest BCUT2D eigenvalue weighted by atomic mass is 10.4. The van der Waals surface area contributed by atoms with E-state index in [1.165, 1.54) is 6.20 Å². The summed E-state index contributed by atoms with van der Waals surface area (Å²) in [6.07, 6.45) is 2.19. The average Bonchev–Trinajstić information content (AvgIpc) is 2.27. The molecule has 0 saturated carbocycles. The molecule has 0 aliphatic heterocycles. The normalized spacial score (nSPS) is 10.1. The largest absolute Gasteiger partial charge is 0.357 e. The third-order valence-electron chi connectivity index (χ3n) is 2.09. The van der Waals surface area contributed by atoms with E-state index in [2.05, 4.69) is 22.2 Å². The van der Waals surface area contributed by atoms with Crippen molar-refractivity contribution in [2.24, 2.45) is 0 Å². The van der Waals surface area contributed by atoms with E-state index < -0.39 is 0 Å². The second-order valence-corrected chi connectivity index (χ2v) is 3.31. The number of aromatic nitrogens is 2. The van der Waals surface area contributed by atoms with Crippen molar-refractivity contribution in [3.63, 3.8) is 0 Å². The van der Waals surface area contributed by atoms with Gasteiger partial charge in [0, 0.05) is 20.1 Å². The fourth-order valence-electron chi connectivity index (χ4n) is 1.10. The molecule has 0 unspecified atom stereocenters. The maximum absolute atomic E-state index is 13.3. The lowest BCUT2D eigenvalue weighted by Crippen LogP contribution is -2.20. The monoisotopic (exact) mass is 212 g/mol. The topological polar surface area (TPSA) is 41.1 Å². The molecule has 0 aromatic carbocycles. The maximum atomic E-state index is 13.3.